The van der Waals surface area contributed by atoms with E-state index in [-0.39, 0.29) is 64.2 Å². The quantitative estimate of drug-likeness (QED) is 0.101. The second-order valence-corrected chi connectivity index (χ2v) is 27.2. The van der Waals surface area contributed by atoms with Crippen molar-refractivity contribution >= 4 is 22.1 Å². The van der Waals surface area contributed by atoms with Crippen molar-refractivity contribution in [2.75, 3.05) is 26.5 Å². The van der Waals surface area contributed by atoms with Gasteiger partial charge in [0.1, 0.15) is 5.69 Å². The lowest BCUT2D eigenvalue weighted by Gasteiger charge is -2.62. The Balaban J connectivity index is 0.000000876. The third kappa shape index (κ3) is 10.3. The van der Waals surface area contributed by atoms with Crippen LogP contribution >= 0.6 is 0 Å². The fourth-order valence-corrected chi connectivity index (χ4v) is 19.2. The van der Waals surface area contributed by atoms with Gasteiger partial charge in [-0.1, -0.05) is 46.8 Å². The van der Waals surface area contributed by atoms with Crippen LogP contribution in [0.5, 0.6) is 0 Å². The number of carbonyl (C=O) groups is 2. The summed E-state index contributed by atoms with van der Waals surface area (Å²) in [4.78, 5) is 23.9. The molecule has 8 aliphatic rings. The third-order valence-electron chi connectivity index (χ3n) is 22.6. The van der Waals surface area contributed by atoms with Gasteiger partial charge in [0.2, 0.25) is 0 Å². The second kappa shape index (κ2) is 21.2. The molecule has 14 nitrogen and oxygen atoms in total. The summed E-state index contributed by atoms with van der Waals surface area (Å²) >= 11 is 0. The van der Waals surface area contributed by atoms with Gasteiger partial charge in [0, 0.05) is 19.4 Å². The Bertz CT molecular complexity index is 2090. The SMILES string of the molecule is COC(=O)CC[C@@H](C)[C@H]1CC[C@@H]2C3[C@@H](CC[C@@]21C)[C@@]1(C)CC[C@H](n2cc(CO[C@@H]4CC[C@]5(C)C(C4)C[C@@H](O)C4[C@H]5CC[C@]5(C)[C@H]4CC[C@H]5[C@@H](C)CCC(=O)OC)nn2)CC1C[C@@H]3O.NCCS(=O)(=O)O. The molecule has 0 bridgehead atoms. The van der Waals surface area contributed by atoms with Crippen LogP contribution in [0.1, 0.15) is 182 Å². The molecule has 5 N–H and O–H groups in total. The number of nitrogens with zero attached hydrogens (tertiary/aromatic N) is 3. The number of aliphatic hydroxyl groups is 2. The summed E-state index contributed by atoms with van der Waals surface area (Å²) in [6.07, 6.45) is 22.7. The van der Waals surface area contributed by atoms with E-state index in [1.807, 2.05) is 0 Å². The number of methoxy groups -OCH3 is 2. The molecule has 70 heavy (non-hydrogen) atoms. The predicted octanol–water partition coefficient (Wildman–Crippen LogP) is 8.98. The number of aromatic nitrogens is 3. The average molecular weight is 1000 g/mol. The lowest BCUT2D eigenvalue weighted by Crippen LogP contribution is -2.58. The number of nitrogens with two attached hydrogens (primary N) is 1. The summed E-state index contributed by atoms with van der Waals surface area (Å²) in [5.41, 5.74) is 6.65. The number of esters is 2. The minimum absolute atomic E-state index is 0.0289. The molecule has 8 aliphatic carbocycles. The zero-order chi connectivity index (χ0) is 50.6. The lowest BCUT2D eigenvalue weighted by molar-refractivity contribution is -0.179. The van der Waals surface area contributed by atoms with Gasteiger partial charge in [-0.15, -0.1) is 5.10 Å². The van der Waals surface area contributed by atoms with Crippen LogP contribution in [-0.2, 0) is 40.5 Å². The van der Waals surface area contributed by atoms with Crippen molar-refractivity contribution in [3.05, 3.63) is 11.9 Å². The first-order valence-corrected chi connectivity index (χ1v) is 29.4. The number of rotatable bonds is 14. The van der Waals surface area contributed by atoms with E-state index >= 15 is 0 Å². The van der Waals surface area contributed by atoms with E-state index in [0.29, 0.717) is 96.5 Å². The first-order chi connectivity index (χ1) is 33.1. The van der Waals surface area contributed by atoms with Gasteiger partial charge in [-0.05, 0) is 208 Å². The van der Waals surface area contributed by atoms with E-state index in [2.05, 4.69) is 57.5 Å². The molecule has 0 aliphatic heterocycles. The normalized spacial score (nSPS) is 43.9. The highest BCUT2D eigenvalue weighted by Gasteiger charge is 2.65. The van der Waals surface area contributed by atoms with Crippen molar-refractivity contribution in [3.8, 4) is 0 Å². The molecule has 0 saturated heterocycles. The van der Waals surface area contributed by atoms with Gasteiger partial charge in [-0.3, -0.25) is 14.1 Å². The lowest BCUT2D eigenvalue weighted by atomic mass is 9.43. The van der Waals surface area contributed by atoms with Gasteiger partial charge in [-0.2, -0.15) is 8.42 Å². The maximum absolute atomic E-state index is 12.0. The standard InChI is InChI=1S/C53H85N3O7.C2H7NO3S/c1-31(9-15-46(59)61-7)38-11-13-40-48-42(19-23-52(38,40)5)50(3)21-17-36(25-33(50)27-44(48)57)56-29-35(54-55-56)30-63-37-18-22-51(4)34(26-37)28-45(58)49-41-14-12-39(32(2)10-16-47(60)62-8)53(41,6)24-20-43(49)51;3-1-2-7(4,5)6/h29,31-34,36-45,48-49,57-58H,9-28,30H2,1-8H3;1-3H2,(H,4,5,6)/t31-,32+,33?,34?,36+,37-,38-,39+,40-,41+,42-,43-,44+,45-,48?,49?,50+,51-,52-,53+;/m1./s1. The second-order valence-electron chi connectivity index (χ2n) is 25.6. The van der Waals surface area contributed by atoms with Crippen molar-refractivity contribution < 1.29 is 47.0 Å². The Morgan fingerprint density at radius 3 is 1.66 bits per heavy atom. The largest absolute Gasteiger partial charge is 0.469 e. The molecule has 0 amide bonds. The minimum Gasteiger partial charge on any atom is -0.469 e. The Morgan fingerprint density at radius 1 is 0.714 bits per heavy atom. The Hall–Kier alpha value is -2.17. The number of hydrogen-bond acceptors (Lipinski definition) is 12. The molecule has 4 unspecified atom stereocenters. The molecule has 0 aromatic carbocycles. The Kier molecular flexibility index (Phi) is 16.4. The van der Waals surface area contributed by atoms with Gasteiger partial charge in [-0.25, -0.2) is 4.68 Å². The molecule has 1 heterocycles. The molecular formula is C55H92N4O10S. The Morgan fingerprint density at radius 2 is 1.19 bits per heavy atom. The van der Waals surface area contributed by atoms with Crippen LogP contribution in [0.25, 0.3) is 0 Å². The molecule has 8 fully saturated rings. The smallest absolute Gasteiger partial charge is 0.305 e. The van der Waals surface area contributed by atoms with Crippen LogP contribution < -0.4 is 5.73 Å². The summed E-state index contributed by atoms with van der Waals surface area (Å²) in [5.74, 6) is 5.61. The zero-order valence-corrected chi connectivity index (χ0v) is 44.9. The highest BCUT2D eigenvalue weighted by Crippen LogP contribution is 2.70. The summed E-state index contributed by atoms with van der Waals surface area (Å²) in [7, 11) is -0.818. The highest BCUT2D eigenvalue weighted by atomic mass is 32.2. The minimum atomic E-state index is -3.80. The van der Waals surface area contributed by atoms with Gasteiger partial charge in [0.05, 0.1) is 57.1 Å². The van der Waals surface area contributed by atoms with E-state index in [1.165, 1.54) is 72.0 Å². The first-order valence-electron chi connectivity index (χ1n) is 27.8. The Labute approximate surface area is 420 Å². The number of aliphatic hydroxyl groups excluding tert-OH is 2. The summed E-state index contributed by atoms with van der Waals surface area (Å²) in [6, 6.07) is 0.302. The van der Waals surface area contributed by atoms with Crippen LogP contribution in [0, 0.1) is 92.7 Å². The number of fused-ring (bicyclic) bond motifs is 10. The highest BCUT2D eigenvalue weighted by molar-refractivity contribution is 7.85. The summed E-state index contributed by atoms with van der Waals surface area (Å²) < 4.78 is 46.1. The first kappa shape index (κ1) is 54.1. The van der Waals surface area contributed by atoms with Gasteiger partial charge in [0.15, 0.2) is 0 Å². The fraction of sp³-hybridized carbons (Fsp3) is 0.927. The van der Waals surface area contributed by atoms with E-state index in [9.17, 15) is 28.2 Å². The van der Waals surface area contributed by atoms with Gasteiger partial charge in [0.25, 0.3) is 10.1 Å². The predicted molar refractivity (Wildman–Crippen MR) is 267 cm³/mol. The number of hydrogen-bond donors (Lipinski definition) is 4. The van der Waals surface area contributed by atoms with E-state index in [4.69, 9.17) is 29.7 Å². The zero-order valence-electron chi connectivity index (χ0n) is 44.1. The number of ether oxygens (including phenoxy) is 3. The monoisotopic (exact) mass is 1000 g/mol. The van der Waals surface area contributed by atoms with Gasteiger partial charge < -0.3 is 30.2 Å². The van der Waals surface area contributed by atoms with Crippen LogP contribution in [0.4, 0.5) is 0 Å². The molecular weight excluding hydrogens is 909 g/mol. The molecule has 1 aromatic heterocycles. The van der Waals surface area contributed by atoms with E-state index in [0.717, 1.165) is 63.5 Å². The average Bonchev–Trinajstić information content (AvgIpc) is 4.04. The fourth-order valence-electron chi connectivity index (χ4n) is 18.9. The van der Waals surface area contributed by atoms with Crippen molar-refractivity contribution in [3.63, 3.8) is 0 Å². The molecule has 0 spiro atoms. The van der Waals surface area contributed by atoms with E-state index < -0.39 is 10.1 Å². The van der Waals surface area contributed by atoms with Crippen molar-refractivity contribution in [1.82, 2.24) is 15.0 Å². The third-order valence-corrected chi connectivity index (χ3v) is 23.4. The van der Waals surface area contributed by atoms with Crippen LogP contribution in [0.15, 0.2) is 6.20 Å². The van der Waals surface area contributed by atoms with E-state index in [1.54, 1.807) is 0 Å². The van der Waals surface area contributed by atoms with Crippen LogP contribution in [-0.4, -0.2) is 94.9 Å². The molecule has 398 valence electrons. The molecule has 15 heteroatoms. The molecule has 1 aromatic rings. The maximum atomic E-state index is 12.0. The molecule has 20 atom stereocenters. The molecule has 9 rings (SSSR count). The topological polar surface area (TPSA) is 213 Å². The van der Waals surface area contributed by atoms with Gasteiger partial charge >= 0.3 is 11.9 Å². The molecule has 8 saturated carbocycles. The summed E-state index contributed by atoms with van der Waals surface area (Å²) in [6.45, 7) is 15.3. The van der Waals surface area contributed by atoms with Crippen LogP contribution in [0.2, 0.25) is 0 Å². The summed E-state index contributed by atoms with van der Waals surface area (Å²) in [5, 5.41) is 33.4. The molecule has 0 radical (unpaired) electrons. The van der Waals surface area contributed by atoms with Crippen molar-refractivity contribution in [1.29, 1.82) is 0 Å². The van der Waals surface area contributed by atoms with Crippen molar-refractivity contribution in [2.45, 2.75) is 201 Å². The van der Waals surface area contributed by atoms with Crippen molar-refractivity contribution in [2.24, 2.45) is 98.4 Å². The maximum Gasteiger partial charge on any atom is 0.305 e. The van der Waals surface area contributed by atoms with Crippen LogP contribution in [0.3, 0.4) is 0 Å². The number of carbonyl (C=O) groups excluding carboxylic acids is 2.